The summed E-state index contributed by atoms with van der Waals surface area (Å²) in [6.45, 7) is 5.87. The summed E-state index contributed by atoms with van der Waals surface area (Å²) in [5, 5.41) is 4.51. The predicted octanol–water partition coefficient (Wildman–Crippen LogP) is 2.44. The van der Waals surface area contributed by atoms with Crippen molar-refractivity contribution in [3.8, 4) is 0 Å². The molecule has 0 aliphatic carbocycles. The molecule has 1 N–H and O–H groups in total. The van der Waals surface area contributed by atoms with Crippen molar-refractivity contribution in [1.82, 2.24) is 15.2 Å². The Balaban J connectivity index is 1.60. The van der Waals surface area contributed by atoms with E-state index in [0.717, 1.165) is 30.0 Å². The highest BCUT2D eigenvalue weighted by Crippen LogP contribution is 2.22. The average molecular weight is 303 g/mol. The molecular formula is C16H21N3OS. The van der Waals surface area contributed by atoms with Gasteiger partial charge in [-0.05, 0) is 26.0 Å². The lowest BCUT2D eigenvalue weighted by Gasteiger charge is -2.36. The smallest absolute Gasteiger partial charge is 0.223 e. The molecular weight excluding hydrogens is 282 g/mol. The highest BCUT2D eigenvalue weighted by Gasteiger charge is 2.24. The molecule has 0 unspecified atom stereocenters. The van der Waals surface area contributed by atoms with E-state index in [4.69, 9.17) is 0 Å². The second-order valence-corrected chi connectivity index (χ2v) is 6.96. The molecule has 2 atom stereocenters. The van der Waals surface area contributed by atoms with Crippen LogP contribution in [-0.2, 0) is 11.2 Å². The highest BCUT2D eigenvalue weighted by molar-refractivity contribution is 7.18. The van der Waals surface area contributed by atoms with Gasteiger partial charge < -0.3 is 10.2 Å². The number of rotatable bonds is 3. The minimum Gasteiger partial charge on any atom is -0.340 e. The SMILES string of the molecule is C[C@@H]1CN(C(=O)CCc2nc3ccccc3s2)C[C@H](C)N1. The van der Waals surface area contributed by atoms with E-state index in [9.17, 15) is 4.79 Å². The minimum absolute atomic E-state index is 0.245. The number of para-hydroxylation sites is 1. The van der Waals surface area contributed by atoms with Gasteiger partial charge in [0.05, 0.1) is 15.2 Å². The molecule has 1 aromatic heterocycles. The van der Waals surface area contributed by atoms with Gasteiger partial charge in [0.15, 0.2) is 0 Å². The molecule has 1 fully saturated rings. The third-order valence-electron chi connectivity index (χ3n) is 3.80. The lowest BCUT2D eigenvalue weighted by Crippen LogP contribution is -2.55. The number of thiazole rings is 1. The molecule has 1 aliphatic rings. The Morgan fingerprint density at radius 2 is 2.05 bits per heavy atom. The van der Waals surface area contributed by atoms with Crippen molar-refractivity contribution < 1.29 is 4.79 Å². The number of nitrogens with one attached hydrogen (secondary N) is 1. The largest absolute Gasteiger partial charge is 0.340 e. The zero-order chi connectivity index (χ0) is 14.8. The summed E-state index contributed by atoms with van der Waals surface area (Å²) in [5.41, 5.74) is 1.04. The van der Waals surface area contributed by atoms with Crippen LogP contribution in [0, 0.1) is 0 Å². The van der Waals surface area contributed by atoms with Crippen molar-refractivity contribution >= 4 is 27.5 Å². The van der Waals surface area contributed by atoms with Crippen LogP contribution >= 0.6 is 11.3 Å². The number of aryl methyl sites for hydroxylation is 1. The maximum atomic E-state index is 12.4. The summed E-state index contributed by atoms with van der Waals surface area (Å²) in [6.07, 6.45) is 1.30. The van der Waals surface area contributed by atoms with Crippen molar-refractivity contribution in [3.05, 3.63) is 29.3 Å². The molecule has 112 valence electrons. The number of piperazine rings is 1. The third kappa shape index (κ3) is 3.41. The Kier molecular flexibility index (Phi) is 4.22. The quantitative estimate of drug-likeness (QED) is 0.947. The van der Waals surface area contributed by atoms with Crippen LogP contribution in [-0.4, -0.2) is 41.0 Å². The van der Waals surface area contributed by atoms with Crippen LogP contribution in [0.5, 0.6) is 0 Å². The fourth-order valence-electron chi connectivity index (χ4n) is 2.93. The van der Waals surface area contributed by atoms with Crippen molar-refractivity contribution in [1.29, 1.82) is 0 Å². The maximum absolute atomic E-state index is 12.4. The number of benzene rings is 1. The fraction of sp³-hybridized carbons (Fsp3) is 0.500. The molecule has 21 heavy (non-hydrogen) atoms. The van der Waals surface area contributed by atoms with Crippen LogP contribution in [0.1, 0.15) is 25.3 Å². The summed E-state index contributed by atoms with van der Waals surface area (Å²) in [6, 6.07) is 8.88. The molecule has 0 saturated carbocycles. The molecule has 4 nitrogen and oxygen atoms in total. The van der Waals surface area contributed by atoms with E-state index in [1.54, 1.807) is 11.3 Å². The van der Waals surface area contributed by atoms with Crippen LogP contribution in [0.15, 0.2) is 24.3 Å². The molecule has 1 aliphatic heterocycles. The molecule has 0 spiro atoms. The first-order valence-corrected chi connectivity index (χ1v) is 8.32. The first kappa shape index (κ1) is 14.5. The standard InChI is InChI=1S/C16H21N3OS/c1-11-9-19(10-12(2)17-11)16(20)8-7-15-18-13-5-3-4-6-14(13)21-15/h3-6,11-12,17H,7-10H2,1-2H3/t11-,12+. The monoisotopic (exact) mass is 303 g/mol. The number of fused-ring (bicyclic) bond motifs is 1. The third-order valence-corrected chi connectivity index (χ3v) is 4.90. The van der Waals surface area contributed by atoms with Gasteiger partial charge in [0.2, 0.25) is 5.91 Å². The Morgan fingerprint density at radius 1 is 1.33 bits per heavy atom. The van der Waals surface area contributed by atoms with Crippen LogP contribution in [0.3, 0.4) is 0 Å². The van der Waals surface area contributed by atoms with Gasteiger partial charge in [-0.15, -0.1) is 11.3 Å². The van der Waals surface area contributed by atoms with Gasteiger partial charge in [0.1, 0.15) is 0 Å². The number of aromatic nitrogens is 1. The number of carbonyl (C=O) groups excluding carboxylic acids is 1. The number of carbonyl (C=O) groups is 1. The number of hydrogen-bond acceptors (Lipinski definition) is 4. The van der Waals surface area contributed by atoms with Gasteiger partial charge in [-0.1, -0.05) is 12.1 Å². The molecule has 0 bridgehead atoms. The van der Waals surface area contributed by atoms with Gasteiger partial charge in [-0.25, -0.2) is 4.98 Å². The second-order valence-electron chi connectivity index (χ2n) is 5.84. The van der Waals surface area contributed by atoms with E-state index in [-0.39, 0.29) is 5.91 Å². The first-order chi connectivity index (χ1) is 10.1. The molecule has 1 aromatic carbocycles. The number of nitrogens with zero attached hydrogens (tertiary/aromatic N) is 2. The summed E-state index contributed by atoms with van der Waals surface area (Å²) in [5.74, 6) is 0.245. The lowest BCUT2D eigenvalue weighted by molar-refractivity contribution is -0.132. The Bertz CT molecular complexity index is 596. The van der Waals surface area contributed by atoms with E-state index in [1.165, 1.54) is 4.70 Å². The topological polar surface area (TPSA) is 45.2 Å². The normalized spacial score (nSPS) is 22.7. The summed E-state index contributed by atoms with van der Waals surface area (Å²) in [4.78, 5) is 18.9. The number of hydrogen-bond donors (Lipinski definition) is 1. The highest BCUT2D eigenvalue weighted by atomic mass is 32.1. The zero-order valence-corrected chi connectivity index (χ0v) is 13.3. The molecule has 0 radical (unpaired) electrons. The van der Waals surface area contributed by atoms with Crippen LogP contribution < -0.4 is 5.32 Å². The molecule has 5 heteroatoms. The maximum Gasteiger partial charge on any atom is 0.223 e. The lowest BCUT2D eigenvalue weighted by atomic mass is 10.1. The second kappa shape index (κ2) is 6.12. The minimum atomic E-state index is 0.245. The van der Waals surface area contributed by atoms with E-state index in [0.29, 0.717) is 18.5 Å². The van der Waals surface area contributed by atoms with Gasteiger partial charge in [-0.2, -0.15) is 0 Å². The van der Waals surface area contributed by atoms with E-state index < -0.39 is 0 Å². The van der Waals surface area contributed by atoms with Crippen LogP contribution in [0.25, 0.3) is 10.2 Å². The summed E-state index contributed by atoms with van der Waals surface area (Å²) < 4.78 is 1.20. The summed E-state index contributed by atoms with van der Waals surface area (Å²) >= 11 is 1.69. The zero-order valence-electron chi connectivity index (χ0n) is 12.5. The summed E-state index contributed by atoms with van der Waals surface area (Å²) in [7, 11) is 0. The fourth-order valence-corrected chi connectivity index (χ4v) is 3.90. The van der Waals surface area contributed by atoms with Crippen molar-refractivity contribution in [2.24, 2.45) is 0 Å². The molecule has 3 rings (SSSR count). The van der Waals surface area contributed by atoms with Gasteiger partial charge in [-0.3, -0.25) is 4.79 Å². The van der Waals surface area contributed by atoms with Gasteiger partial charge >= 0.3 is 0 Å². The van der Waals surface area contributed by atoms with Crippen LogP contribution in [0.4, 0.5) is 0 Å². The Morgan fingerprint density at radius 3 is 2.76 bits per heavy atom. The van der Waals surface area contributed by atoms with E-state index >= 15 is 0 Å². The van der Waals surface area contributed by atoms with Crippen molar-refractivity contribution in [2.75, 3.05) is 13.1 Å². The average Bonchev–Trinajstić information content (AvgIpc) is 2.86. The van der Waals surface area contributed by atoms with E-state index in [2.05, 4.69) is 30.2 Å². The molecule has 1 amide bonds. The van der Waals surface area contributed by atoms with E-state index in [1.807, 2.05) is 23.1 Å². The molecule has 2 heterocycles. The van der Waals surface area contributed by atoms with Gasteiger partial charge in [0.25, 0.3) is 0 Å². The number of amides is 1. The Labute approximate surface area is 129 Å². The Hall–Kier alpha value is -1.46. The first-order valence-electron chi connectivity index (χ1n) is 7.50. The molecule has 2 aromatic rings. The van der Waals surface area contributed by atoms with Gasteiger partial charge in [0, 0.05) is 38.0 Å². The molecule has 1 saturated heterocycles. The van der Waals surface area contributed by atoms with Crippen molar-refractivity contribution in [2.45, 2.75) is 38.8 Å². The van der Waals surface area contributed by atoms with Crippen LogP contribution in [0.2, 0.25) is 0 Å². The predicted molar refractivity (Wildman–Crippen MR) is 86.6 cm³/mol. The van der Waals surface area contributed by atoms with Crippen molar-refractivity contribution in [3.63, 3.8) is 0 Å².